The molecular formula is C35H43N5O8S. The van der Waals surface area contributed by atoms with E-state index in [1.807, 2.05) is 62.4 Å². The van der Waals surface area contributed by atoms with Gasteiger partial charge in [0.2, 0.25) is 10.0 Å². The average Bonchev–Trinajstić information content (AvgIpc) is 3.82. The van der Waals surface area contributed by atoms with Gasteiger partial charge in [0.15, 0.2) is 11.9 Å². The molecular weight excluding hydrogens is 650 g/mol. The summed E-state index contributed by atoms with van der Waals surface area (Å²) in [5.74, 6) is -0.100. The van der Waals surface area contributed by atoms with Gasteiger partial charge in [0.05, 0.1) is 41.9 Å². The predicted octanol–water partition coefficient (Wildman–Crippen LogP) is 3.62. The molecule has 0 radical (unpaired) electrons. The van der Waals surface area contributed by atoms with Gasteiger partial charge in [-0.15, -0.1) is 0 Å². The Hall–Kier alpha value is -3.92. The lowest BCUT2D eigenvalue weighted by Gasteiger charge is -2.31. The van der Waals surface area contributed by atoms with E-state index in [4.69, 9.17) is 18.7 Å². The molecule has 4 heterocycles. The number of aliphatic hydroxyl groups excluding tert-OH is 1. The summed E-state index contributed by atoms with van der Waals surface area (Å²) in [5, 5.41) is 22.5. The number of nitrogens with one attached hydrogen (secondary N) is 2. The van der Waals surface area contributed by atoms with Crippen molar-refractivity contribution in [2.75, 3.05) is 26.3 Å². The summed E-state index contributed by atoms with van der Waals surface area (Å²) in [6.45, 7) is 5.31. The van der Waals surface area contributed by atoms with Crippen molar-refractivity contribution in [1.29, 1.82) is 0 Å². The Morgan fingerprint density at radius 2 is 1.88 bits per heavy atom. The van der Waals surface area contributed by atoms with Gasteiger partial charge < -0.3 is 34.5 Å². The average molecular weight is 694 g/mol. The normalized spacial score (nSPS) is 20.5. The number of hydrogen-bond acceptors (Lipinski definition) is 11. The number of ether oxygens (including phenoxy) is 3. The van der Waals surface area contributed by atoms with Crippen molar-refractivity contribution in [3.8, 4) is 0 Å². The molecule has 2 fully saturated rings. The minimum absolute atomic E-state index is 0.0450. The monoisotopic (exact) mass is 693 g/mol. The van der Waals surface area contributed by atoms with Crippen LogP contribution < -0.4 is 10.6 Å². The van der Waals surface area contributed by atoms with Crippen LogP contribution in [0.4, 0.5) is 4.79 Å². The van der Waals surface area contributed by atoms with Crippen molar-refractivity contribution >= 4 is 27.1 Å². The summed E-state index contributed by atoms with van der Waals surface area (Å²) in [5.41, 5.74) is 2.74. The molecule has 3 N–H and O–H groups in total. The zero-order valence-corrected chi connectivity index (χ0v) is 28.4. The van der Waals surface area contributed by atoms with E-state index in [-0.39, 0.29) is 49.1 Å². The number of rotatable bonds is 15. The first-order chi connectivity index (χ1) is 23.7. The number of amides is 1. The van der Waals surface area contributed by atoms with Gasteiger partial charge in [-0.1, -0.05) is 55.4 Å². The molecule has 2 aliphatic rings. The summed E-state index contributed by atoms with van der Waals surface area (Å²) in [4.78, 5) is 17.5. The van der Waals surface area contributed by atoms with Crippen molar-refractivity contribution in [3.63, 3.8) is 0 Å². The van der Waals surface area contributed by atoms with Crippen LogP contribution in [0.15, 0.2) is 82.3 Å². The number of sulfonamides is 1. The van der Waals surface area contributed by atoms with Gasteiger partial charge in [-0.05, 0) is 54.7 Å². The standard InChI is InChI=1S/C35H43N5O8S/c1-23(2)20-40(49(43,44)26-11-12-32-28(17-26)30(39-48-32)19-36-18-25-10-6-7-14-37-25)21-31(41)29(16-24-8-4-3-5-9-24)38-35(42)47-33-22-46-34-27(33)13-15-45-34/h3-12,14,17,23,27,29,31,33-34,36,41H,13,15-16,18-22H2,1-2H3,(H,38,42)/t27-,29-,31+,33-,34+/m0/s1. The van der Waals surface area contributed by atoms with Crippen molar-refractivity contribution in [2.24, 2.45) is 11.8 Å². The van der Waals surface area contributed by atoms with Crippen LogP contribution in [0.3, 0.4) is 0 Å². The summed E-state index contributed by atoms with van der Waals surface area (Å²) < 4.78 is 52.1. The van der Waals surface area contributed by atoms with E-state index >= 15 is 0 Å². The van der Waals surface area contributed by atoms with Crippen molar-refractivity contribution in [3.05, 3.63) is 89.9 Å². The summed E-state index contributed by atoms with van der Waals surface area (Å²) in [6, 6.07) is 18.8. The number of carbonyl (C=O) groups excluding carboxylic acids is 1. The first kappa shape index (κ1) is 34.9. The molecule has 49 heavy (non-hydrogen) atoms. The number of fused-ring (bicyclic) bond motifs is 2. The second kappa shape index (κ2) is 15.7. The van der Waals surface area contributed by atoms with Gasteiger partial charge in [0.1, 0.15) is 11.8 Å². The molecule has 2 aromatic carbocycles. The molecule has 0 aliphatic carbocycles. The molecule has 262 valence electrons. The molecule has 5 atom stereocenters. The zero-order valence-electron chi connectivity index (χ0n) is 27.6. The van der Waals surface area contributed by atoms with E-state index in [1.54, 1.807) is 18.3 Å². The van der Waals surface area contributed by atoms with Gasteiger partial charge in [-0.2, -0.15) is 4.31 Å². The van der Waals surface area contributed by atoms with Gasteiger partial charge in [-0.25, -0.2) is 13.2 Å². The molecule has 0 saturated carbocycles. The number of hydrogen-bond donors (Lipinski definition) is 3. The fourth-order valence-electron chi connectivity index (χ4n) is 6.25. The second-order valence-corrected chi connectivity index (χ2v) is 14.8. The Balaban J connectivity index is 1.19. The molecule has 2 aromatic heterocycles. The highest BCUT2D eigenvalue weighted by Gasteiger charge is 2.44. The van der Waals surface area contributed by atoms with E-state index in [9.17, 15) is 18.3 Å². The smallest absolute Gasteiger partial charge is 0.407 e. The maximum Gasteiger partial charge on any atom is 0.407 e. The first-order valence-electron chi connectivity index (χ1n) is 16.6. The Kier molecular flexibility index (Phi) is 11.2. The van der Waals surface area contributed by atoms with Crippen LogP contribution in [0.5, 0.6) is 0 Å². The van der Waals surface area contributed by atoms with Gasteiger partial charge in [0.25, 0.3) is 0 Å². The lowest BCUT2D eigenvalue weighted by molar-refractivity contribution is -0.0907. The molecule has 14 heteroatoms. The highest BCUT2D eigenvalue weighted by atomic mass is 32.2. The topological polar surface area (TPSA) is 165 Å². The summed E-state index contributed by atoms with van der Waals surface area (Å²) in [7, 11) is -4.11. The SMILES string of the molecule is CC(C)CN(C[C@@H](O)[C@H](Cc1ccccc1)NC(=O)O[C@H]1CO[C@H]2OCC[C@H]21)S(=O)(=O)c1ccc2onc(CNCc3ccccn3)c2c1. The van der Waals surface area contributed by atoms with Crippen LogP contribution in [0.25, 0.3) is 11.0 Å². The predicted molar refractivity (Wildman–Crippen MR) is 180 cm³/mol. The lowest BCUT2D eigenvalue weighted by atomic mass is 10.0. The van der Waals surface area contributed by atoms with Crippen LogP contribution in [-0.4, -0.2) is 84.9 Å². The van der Waals surface area contributed by atoms with Gasteiger partial charge in [0, 0.05) is 37.8 Å². The van der Waals surface area contributed by atoms with E-state index in [2.05, 4.69) is 20.8 Å². The molecule has 0 bridgehead atoms. The third kappa shape index (κ3) is 8.63. The zero-order chi connectivity index (χ0) is 34.4. The fraction of sp³-hybridized carbons (Fsp3) is 0.457. The molecule has 13 nitrogen and oxygen atoms in total. The van der Waals surface area contributed by atoms with E-state index < -0.39 is 34.4 Å². The molecule has 0 spiro atoms. The highest BCUT2D eigenvalue weighted by molar-refractivity contribution is 7.89. The number of aliphatic hydroxyl groups is 1. The quantitative estimate of drug-likeness (QED) is 0.167. The van der Waals surface area contributed by atoms with E-state index in [0.717, 1.165) is 17.7 Å². The largest absolute Gasteiger partial charge is 0.443 e. The van der Waals surface area contributed by atoms with Crippen molar-refractivity contribution in [2.45, 2.75) is 69.2 Å². The molecule has 4 aromatic rings. The number of aromatic nitrogens is 2. The number of alkyl carbamates (subject to hydrolysis) is 1. The van der Waals surface area contributed by atoms with Gasteiger partial charge in [-0.3, -0.25) is 4.98 Å². The van der Waals surface area contributed by atoms with Crippen LogP contribution in [-0.2, 0) is 43.7 Å². The third-order valence-electron chi connectivity index (χ3n) is 8.75. The van der Waals surface area contributed by atoms with Crippen molar-refractivity contribution in [1.82, 2.24) is 25.1 Å². The number of benzene rings is 2. The molecule has 2 saturated heterocycles. The minimum atomic E-state index is -4.11. The van der Waals surface area contributed by atoms with E-state index in [1.165, 1.54) is 10.4 Å². The summed E-state index contributed by atoms with van der Waals surface area (Å²) in [6.07, 6.45) is -0.126. The number of pyridine rings is 1. The Bertz CT molecular complexity index is 1790. The Labute approximate surface area is 286 Å². The minimum Gasteiger partial charge on any atom is -0.443 e. The van der Waals surface area contributed by atoms with Crippen molar-refractivity contribution < 1.29 is 37.1 Å². The molecule has 0 unspecified atom stereocenters. The maximum absolute atomic E-state index is 14.2. The molecule has 1 amide bonds. The van der Waals surface area contributed by atoms with E-state index in [0.29, 0.717) is 36.4 Å². The Morgan fingerprint density at radius 1 is 1.06 bits per heavy atom. The lowest BCUT2D eigenvalue weighted by Crippen LogP contribution is -2.51. The number of carbonyl (C=O) groups is 1. The Morgan fingerprint density at radius 3 is 2.65 bits per heavy atom. The van der Waals surface area contributed by atoms with Crippen LogP contribution in [0, 0.1) is 11.8 Å². The third-order valence-corrected chi connectivity index (χ3v) is 10.6. The second-order valence-electron chi connectivity index (χ2n) is 12.9. The number of nitrogens with zero attached hydrogens (tertiary/aromatic N) is 3. The first-order valence-corrected chi connectivity index (χ1v) is 18.0. The van der Waals surface area contributed by atoms with Gasteiger partial charge >= 0.3 is 6.09 Å². The summed E-state index contributed by atoms with van der Waals surface area (Å²) >= 11 is 0. The van der Waals surface area contributed by atoms with Crippen LogP contribution in [0.2, 0.25) is 0 Å². The molecule has 2 aliphatic heterocycles. The fourth-order valence-corrected chi connectivity index (χ4v) is 7.90. The maximum atomic E-state index is 14.2. The van der Waals surface area contributed by atoms with Crippen LogP contribution >= 0.6 is 0 Å². The van der Waals surface area contributed by atoms with Crippen LogP contribution in [0.1, 0.15) is 37.2 Å². The molecule has 6 rings (SSSR count). The highest BCUT2D eigenvalue weighted by Crippen LogP contribution is 2.33.